The lowest BCUT2D eigenvalue weighted by Gasteiger charge is -2.16. The summed E-state index contributed by atoms with van der Waals surface area (Å²) < 4.78 is 5.96. The van der Waals surface area contributed by atoms with Gasteiger partial charge in [0.1, 0.15) is 5.76 Å². The Hall–Kier alpha value is -3.25. The molecule has 1 aliphatic rings. The third kappa shape index (κ3) is 4.19. The van der Waals surface area contributed by atoms with Gasteiger partial charge in [-0.05, 0) is 55.9 Å². The molecule has 0 N–H and O–H groups in total. The minimum Gasteiger partial charge on any atom is -0.441 e. The smallest absolute Gasteiger partial charge is 0.271 e. The van der Waals surface area contributed by atoms with E-state index in [4.69, 9.17) is 9.41 Å². The number of carbonyl (C=O) groups excluding carboxylic acids is 1. The Morgan fingerprint density at radius 3 is 2.30 bits per heavy atom. The Morgan fingerprint density at radius 2 is 1.63 bits per heavy atom. The first-order chi connectivity index (χ1) is 14.7. The number of hydrogen-bond acceptors (Lipinski definition) is 5. The molecular formula is C24H23N3O2S. The zero-order valence-electron chi connectivity index (χ0n) is 17.0. The average molecular weight is 418 g/mol. The molecule has 0 spiro atoms. The van der Waals surface area contributed by atoms with E-state index in [1.54, 1.807) is 11.0 Å². The molecular weight excluding hydrogens is 394 g/mol. The number of rotatable bonds is 6. The molecule has 5 nitrogen and oxygen atoms in total. The van der Waals surface area contributed by atoms with E-state index in [9.17, 15) is 4.79 Å². The molecule has 0 aliphatic carbocycles. The summed E-state index contributed by atoms with van der Waals surface area (Å²) >= 11 is 1.35. The van der Waals surface area contributed by atoms with E-state index in [1.807, 2.05) is 72.8 Å². The van der Waals surface area contributed by atoms with Crippen molar-refractivity contribution < 1.29 is 9.21 Å². The van der Waals surface area contributed by atoms with Crippen molar-refractivity contribution in [3.8, 4) is 0 Å². The Kier molecular flexibility index (Phi) is 6.05. The molecule has 0 saturated carbocycles. The molecule has 3 aromatic rings. The molecule has 4 rings (SSSR count). The monoisotopic (exact) mass is 417 g/mol. The van der Waals surface area contributed by atoms with Gasteiger partial charge in [-0.3, -0.25) is 9.69 Å². The van der Waals surface area contributed by atoms with Gasteiger partial charge in [-0.15, -0.1) is 0 Å². The fourth-order valence-corrected chi connectivity index (χ4v) is 4.20. The minimum atomic E-state index is -0.110. The molecule has 2 aromatic carbocycles. The molecule has 152 valence electrons. The maximum absolute atomic E-state index is 13.3. The summed E-state index contributed by atoms with van der Waals surface area (Å²) in [6.07, 6.45) is 1.80. The number of amides is 1. The van der Waals surface area contributed by atoms with Crippen LogP contribution in [0.15, 0.2) is 87.1 Å². The normalized spacial score (nSPS) is 16.6. The van der Waals surface area contributed by atoms with Crippen molar-refractivity contribution in [2.24, 2.45) is 4.99 Å². The highest BCUT2D eigenvalue weighted by Crippen LogP contribution is 2.37. The highest BCUT2D eigenvalue weighted by atomic mass is 32.2. The number of thioether (sulfide) groups is 1. The Balaban J connectivity index is 1.70. The van der Waals surface area contributed by atoms with E-state index in [1.165, 1.54) is 11.8 Å². The standard InChI is InChI=1S/C24H23N3O2S/c1-3-26(4-2)22-16-15-20(29-22)17-21-23(28)27(19-13-9-6-10-14-19)24(30-21)25-18-11-7-5-8-12-18/h5-17H,3-4H2,1-2H3/b21-17-,25-24?. The van der Waals surface area contributed by atoms with Gasteiger partial charge >= 0.3 is 0 Å². The zero-order valence-corrected chi connectivity index (χ0v) is 17.8. The highest BCUT2D eigenvalue weighted by molar-refractivity contribution is 8.19. The molecule has 0 bridgehead atoms. The third-order valence-corrected chi connectivity index (χ3v) is 5.73. The molecule has 1 aromatic heterocycles. The average Bonchev–Trinajstić information content (AvgIpc) is 3.35. The fourth-order valence-electron chi connectivity index (χ4n) is 3.22. The quantitative estimate of drug-likeness (QED) is 0.466. The molecule has 30 heavy (non-hydrogen) atoms. The lowest BCUT2D eigenvalue weighted by Crippen LogP contribution is -2.28. The van der Waals surface area contributed by atoms with E-state index >= 15 is 0 Å². The summed E-state index contributed by atoms with van der Waals surface area (Å²) in [7, 11) is 0. The van der Waals surface area contributed by atoms with E-state index in [0.29, 0.717) is 15.8 Å². The van der Waals surface area contributed by atoms with Gasteiger partial charge in [-0.25, -0.2) is 4.99 Å². The van der Waals surface area contributed by atoms with Crippen LogP contribution in [-0.2, 0) is 4.79 Å². The SMILES string of the molecule is CCN(CC)c1ccc(/C=C2\SC(=Nc3ccccc3)N(c3ccccc3)C2=O)o1. The van der Waals surface area contributed by atoms with Crippen molar-refractivity contribution >= 4 is 46.2 Å². The fraction of sp³-hybridized carbons (Fsp3) is 0.167. The van der Waals surface area contributed by atoms with Crippen LogP contribution in [0.1, 0.15) is 19.6 Å². The second kappa shape index (κ2) is 9.05. The van der Waals surface area contributed by atoms with Crippen LogP contribution in [0, 0.1) is 0 Å². The number of anilines is 2. The van der Waals surface area contributed by atoms with Crippen molar-refractivity contribution in [2.75, 3.05) is 22.9 Å². The van der Waals surface area contributed by atoms with Gasteiger partial charge in [-0.1, -0.05) is 36.4 Å². The van der Waals surface area contributed by atoms with Crippen LogP contribution in [-0.4, -0.2) is 24.2 Å². The van der Waals surface area contributed by atoms with Crippen LogP contribution in [0.25, 0.3) is 6.08 Å². The third-order valence-electron chi connectivity index (χ3n) is 4.76. The van der Waals surface area contributed by atoms with Crippen molar-refractivity contribution in [3.63, 3.8) is 0 Å². The number of aliphatic imine (C=N–C) groups is 1. The summed E-state index contributed by atoms with van der Waals surface area (Å²) in [5, 5.41) is 0.624. The molecule has 0 unspecified atom stereocenters. The first-order valence-electron chi connectivity index (χ1n) is 9.97. The number of amidine groups is 1. The topological polar surface area (TPSA) is 49.0 Å². The number of furan rings is 1. The first-order valence-corrected chi connectivity index (χ1v) is 10.8. The number of benzene rings is 2. The van der Waals surface area contributed by atoms with E-state index in [2.05, 4.69) is 18.7 Å². The largest absolute Gasteiger partial charge is 0.441 e. The first kappa shape index (κ1) is 20.0. The minimum absolute atomic E-state index is 0.110. The van der Waals surface area contributed by atoms with Crippen molar-refractivity contribution in [2.45, 2.75) is 13.8 Å². The molecule has 1 saturated heterocycles. The van der Waals surface area contributed by atoms with Crippen LogP contribution < -0.4 is 9.80 Å². The highest BCUT2D eigenvalue weighted by Gasteiger charge is 2.35. The van der Waals surface area contributed by atoms with Gasteiger partial charge in [0.05, 0.1) is 16.3 Å². The number of carbonyl (C=O) groups is 1. The number of nitrogens with zero attached hydrogens (tertiary/aromatic N) is 3. The summed E-state index contributed by atoms with van der Waals surface area (Å²) in [6.45, 7) is 5.90. The van der Waals surface area contributed by atoms with Crippen molar-refractivity contribution in [1.82, 2.24) is 0 Å². The van der Waals surface area contributed by atoms with Crippen LogP contribution in [0.2, 0.25) is 0 Å². The predicted molar refractivity (Wildman–Crippen MR) is 125 cm³/mol. The molecule has 1 fully saturated rings. The van der Waals surface area contributed by atoms with Gasteiger partial charge in [0, 0.05) is 25.2 Å². The van der Waals surface area contributed by atoms with Crippen molar-refractivity contribution in [1.29, 1.82) is 0 Å². The summed E-state index contributed by atoms with van der Waals surface area (Å²) in [5.74, 6) is 1.35. The van der Waals surface area contributed by atoms with Gasteiger partial charge in [0.25, 0.3) is 5.91 Å². The van der Waals surface area contributed by atoms with Crippen LogP contribution >= 0.6 is 11.8 Å². The maximum atomic E-state index is 13.3. The number of para-hydroxylation sites is 2. The number of hydrogen-bond donors (Lipinski definition) is 0. The second-order valence-corrected chi connectivity index (χ2v) is 7.67. The molecule has 6 heteroatoms. The summed E-state index contributed by atoms with van der Waals surface area (Å²) in [6, 6.07) is 23.1. The zero-order chi connectivity index (χ0) is 20.9. The van der Waals surface area contributed by atoms with Crippen LogP contribution in [0.4, 0.5) is 17.3 Å². The Morgan fingerprint density at radius 1 is 0.967 bits per heavy atom. The van der Waals surface area contributed by atoms with Gasteiger partial charge < -0.3 is 9.32 Å². The van der Waals surface area contributed by atoms with Gasteiger partial charge in [0.2, 0.25) is 0 Å². The van der Waals surface area contributed by atoms with E-state index in [0.717, 1.165) is 30.3 Å². The molecule has 2 heterocycles. The van der Waals surface area contributed by atoms with Gasteiger partial charge in [0.15, 0.2) is 11.1 Å². The molecule has 0 radical (unpaired) electrons. The Labute approximate surface area is 180 Å². The summed E-state index contributed by atoms with van der Waals surface area (Å²) in [4.78, 5) is 22.3. The van der Waals surface area contributed by atoms with Crippen LogP contribution in [0.5, 0.6) is 0 Å². The van der Waals surface area contributed by atoms with Crippen molar-refractivity contribution in [3.05, 3.63) is 83.5 Å². The van der Waals surface area contributed by atoms with E-state index in [-0.39, 0.29) is 5.91 Å². The van der Waals surface area contributed by atoms with Crippen LogP contribution in [0.3, 0.4) is 0 Å². The lowest BCUT2D eigenvalue weighted by atomic mass is 10.3. The maximum Gasteiger partial charge on any atom is 0.271 e. The van der Waals surface area contributed by atoms with E-state index < -0.39 is 0 Å². The lowest BCUT2D eigenvalue weighted by molar-refractivity contribution is -0.113. The molecule has 1 aliphatic heterocycles. The molecule has 1 amide bonds. The Bertz CT molecular complexity index is 1070. The van der Waals surface area contributed by atoms with Gasteiger partial charge in [-0.2, -0.15) is 0 Å². The predicted octanol–water partition coefficient (Wildman–Crippen LogP) is 5.93. The second-order valence-electron chi connectivity index (χ2n) is 6.66. The molecule has 0 atom stereocenters. The summed E-state index contributed by atoms with van der Waals surface area (Å²) in [5.41, 5.74) is 1.59.